The van der Waals surface area contributed by atoms with Crippen molar-refractivity contribution in [1.29, 1.82) is 0 Å². The summed E-state index contributed by atoms with van der Waals surface area (Å²) in [6.45, 7) is 0.479. The van der Waals surface area contributed by atoms with Crippen molar-refractivity contribution in [2.24, 2.45) is 5.10 Å². The number of para-hydroxylation sites is 1. The highest BCUT2D eigenvalue weighted by molar-refractivity contribution is 5.97. The van der Waals surface area contributed by atoms with Crippen LogP contribution in [0.25, 0.3) is 16.9 Å². The van der Waals surface area contributed by atoms with Crippen molar-refractivity contribution in [2.75, 3.05) is 21.3 Å². The second-order valence-electron chi connectivity index (χ2n) is 9.12. The second-order valence-corrected chi connectivity index (χ2v) is 9.12. The molecular weight excluding hydrogens is 532 g/mol. The Morgan fingerprint density at radius 1 is 0.857 bits per heavy atom. The zero-order chi connectivity index (χ0) is 29.3. The van der Waals surface area contributed by atoms with Gasteiger partial charge in [0.1, 0.15) is 18.1 Å². The first kappa shape index (κ1) is 28.0. The van der Waals surface area contributed by atoms with E-state index in [1.807, 2.05) is 91.1 Å². The maximum absolute atomic E-state index is 12.9. The average Bonchev–Trinajstić information content (AvgIpc) is 3.48. The van der Waals surface area contributed by atoms with Crippen molar-refractivity contribution in [1.82, 2.24) is 15.2 Å². The SMILES string of the molecule is COc1cc(C(=O)N/N=C/c2cn(-c3ccccc3)nc2-c2ccc(OCc3ccccc3)cc2)cc(OC)c1OC. The highest BCUT2D eigenvalue weighted by atomic mass is 16.5. The summed E-state index contributed by atoms with van der Waals surface area (Å²) in [6, 6.07) is 30.6. The van der Waals surface area contributed by atoms with Crippen LogP contribution >= 0.6 is 0 Å². The molecule has 0 fully saturated rings. The van der Waals surface area contributed by atoms with Gasteiger partial charge in [-0.1, -0.05) is 48.5 Å². The highest BCUT2D eigenvalue weighted by Gasteiger charge is 2.17. The first-order chi connectivity index (χ1) is 20.6. The van der Waals surface area contributed by atoms with Crippen LogP contribution in [0.5, 0.6) is 23.0 Å². The van der Waals surface area contributed by atoms with Crippen LogP contribution in [0.2, 0.25) is 0 Å². The van der Waals surface area contributed by atoms with Gasteiger partial charge < -0.3 is 18.9 Å². The molecule has 0 saturated heterocycles. The Bertz CT molecular complexity index is 1640. The molecule has 5 rings (SSSR count). The minimum Gasteiger partial charge on any atom is -0.493 e. The van der Waals surface area contributed by atoms with E-state index in [4.69, 9.17) is 24.0 Å². The lowest BCUT2D eigenvalue weighted by atomic mass is 10.1. The molecule has 42 heavy (non-hydrogen) atoms. The first-order valence-corrected chi connectivity index (χ1v) is 13.1. The number of hydrogen-bond donors (Lipinski definition) is 1. The first-order valence-electron chi connectivity index (χ1n) is 13.1. The topological polar surface area (TPSA) is 96.2 Å². The van der Waals surface area contributed by atoms with E-state index in [-0.39, 0.29) is 0 Å². The predicted molar refractivity (Wildman–Crippen MR) is 161 cm³/mol. The molecule has 0 saturated carbocycles. The van der Waals surface area contributed by atoms with E-state index in [0.717, 1.165) is 22.6 Å². The van der Waals surface area contributed by atoms with E-state index in [1.165, 1.54) is 21.3 Å². The maximum Gasteiger partial charge on any atom is 0.271 e. The molecule has 0 spiro atoms. The zero-order valence-corrected chi connectivity index (χ0v) is 23.5. The van der Waals surface area contributed by atoms with Crippen molar-refractivity contribution < 1.29 is 23.7 Å². The Morgan fingerprint density at radius 2 is 1.50 bits per heavy atom. The van der Waals surface area contributed by atoms with E-state index in [2.05, 4.69) is 10.5 Å². The van der Waals surface area contributed by atoms with Gasteiger partial charge in [-0.2, -0.15) is 10.2 Å². The lowest BCUT2D eigenvalue weighted by molar-refractivity contribution is 0.0954. The average molecular weight is 563 g/mol. The molecule has 212 valence electrons. The van der Waals surface area contributed by atoms with Gasteiger partial charge in [0.25, 0.3) is 5.91 Å². The lowest BCUT2D eigenvalue weighted by Crippen LogP contribution is -2.18. The minimum atomic E-state index is -0.442. The molecule has 1 heterocycles. The van der Waals surface area contributed by atoms with Gasteiger partial charge in [0.2, 0.25) is 5.75 Å². The Hall–Kier alpha value is -5.57. The Morgan fingerprint density at radius 3 is 2.12 bits per heavy atom. The van der Waals surface area contributed by atoms with Crippen LogP contribution in [0.1, 0.15) is 21.5 Å². The third-order valence-electron chi connectivity index (χ3n) is 6.44. The number of aromatic nitrogens is 2. The van der Waals surface area contributed by atoms with Crippen LogP contribution in [0.4, 0.5) is 0 Å². The number of rotatable bonds is 11. The quantitative estimate of drug-likeness (QED) is 0.159. The monoisotopic (exact) mass is 562 g/mol. The van der Waals surface area contributed by atoms with Crippen LogP contribution < -0.4 is 24.4 Å². The normalized spacial score (nSPS) is 10.8. The summed E-state index contributed by atoms with van der Waals surface area (Å²) >= 11 is 0. The number of nitrogens with one attached hydrogen (secondary N) is 1. The van der Waals surface area contributed by atoms with E-state index in [0.29, 0.717) is 40.7 Å². The van der Waals surface area contributed by atoms with E-state index >= 15 is 0 Å². The summed E-state index contributed by atoms with van der Waals surface area (Å²) in [5.41, 5.74) is 7.13. The largest absolute Gasteiger partial charge is 0.493 e. The zero-order valence-electron chi connectivity index (χ0n) is 23.5. The molecule has 0 atom stereocenters. The second kappa shape index (κ2) is 13.2. The molecular formula is C33H30N4O5. The van der Waals surface area contributed by atoms with Crippen LogP contribution in [-0.2, 0) is 6.61 Å². The molecule has 0 aliphatic rings. The molecule has 0 aliphatic carbocycles. The number of benzene rings is 4. The van der Waals surface area contributed by atoms with Crippen LogP contribution in [0.3, 0.4) is 0 Å². The molecule has 4 aromatic carbocycles. The minimum absolute atomic E-state index is 0.299. The number of carbonyl (C=O) groups excluding carboxylic acids is 1. The number of carbonyl (C=O) groups is 1. The summed E-state index contributed by atoms with van der Waals surface area (Å²) in [5.74, 6) is 1.44. The number of hydrogen-bond acceptors (Lipinski definition) is 7. The molecule has 0 unspecified atom stereocenters. The van der Waals surface area contributed by atoms with Crippen molar-refractivity contribution in [3.05, 3.63) is 120 Å². The number of nitrogens with zero attached hydrogens (tertiary/aromatic N) is 3. The summed E-state index contributed by atoms with van der Waals surface area (Å²) in [4.78, 5) is 12.9. The van der Waals surface area contributed by atoms with Gasteiger partial charge >= 0.3 is 0 Å². The summed E-state index contributed by atoms with van der Waals surface area (Å²) in [5, 5.41) is 9.05. The van der Waals surface area contributed by atoms with Crippen molar-refractivity contribution in [2.45, 2.75) is 6.61 Å². The maximum atomic E-state index is 12.9. The fraction of sp³-hybridized carbons (Fsp3) is 0.121. The fourth-order valence-electron chi connectivity index (χ4n) is 4.31. The van der Waals surface area contributed by atoms with Crippen molar-refractivity contribution in [3.63, 3.8) is 0 Å². The standard InChI is InChI=1S/C33H30N4O5/c1-39-29-18-25(19-30(40-2)32(29)41-3)33(38)35-34-20-26-21-37(27-12-8-5-9-13-27)36-31(26)24-14-16-28(17-15-24)42-22-23-10-6-4-7-11-23/h4-21H,22H2,1-3H3,(H,35,38)/b34-20+. The van der Waals surface area contributed by atoms with Crippen molar-refractivity contribution >= 4 is 12.1 Å². The van der Waals surface area contributed by atoms with Gasteiger partial charge in [0.15, 0.2) is 11.5 Å². The summed E-state index contributed by atoms with van der Waals surface area (Å²) in [6.07, 6.45) is 3.43. The van der Waals surface area contributed by atoms with E-state index in [9.17, 15) is 4.79 Å². The molecule has 0 bridgehead atoms. The Labute approximate surface area is 243 Å². The van der Waals surface area contributed by atoms with Crippen LogP contribution in [0.15, 0.2) is 108 Å². The van der Waals surface area contributed by atoms with Gasteiger partial charge in [-0.15, -0.1) is 0 Å². The van der Waals surface area contributed by atoms with Crippen LogP contribution in [0, 0.1) is 0 Å². The van der Waals surface area contributed by atoms with Gasteiger partial charge in [-0.25, -0.2) is 10.1 Å². The Balaban J connectivity index is 1.38. The van der Waals surface area contributed by atoms with Gasteiger partial charge in [-0.05, 0) is 54.1 Å². The summed E-state index contributed by atoms with van der Waals surface area (Å²) in [7, 11) is 4.49. The molecule has 9 heteroatoms. The van der Waals surface area contributed by atoms with E-state index < -0.39 is 5.91 Å². The molecule has 1 amide bonds. The number of ether oxygens (including phenoxy) is 4. The van der Waals surface area contributed by atoms with Gasteiger partial charge in [0, 0.05) is 22.9 Å². The van der Waals surface area contributed by atoms with Gasteiger partial charge in [-0.3, -0.25) is 4.79 Å². The lowest BCUT2D eigenvalue weighted by Gasteiger charge is -2.13. The molecule has 1 aromatic heterocycles. The molecule has 0 aliphatic heterocycles. The van der Waals surface area contributed by atoms with E-state index in [1.54, 1.807) is 23.0 Å². The third-order valence-corrected chi connectivity index (χ3v) is 6.44. The number of methoxy groups -OCH3 is 3. The number of hydrazone groups is 1. The molecule has 0 radical (unpaired) electrons. The molecule has 5 aromatic rings. The fourth-order valence-corrected chi connectivity index (χ4v) is 4.31. The van der Waals surface area contributed by atoms with Crippen LogP contribution in [-0.4, -0.2) is 43.2 Å². The van der Waals surface area contributed by atoms with Crippen molar-refractivity contribution in [3.8, 4) is 39.9 Å². The number of amides is 1. The smallest absolute Gasteiger partial charge is 0.271 e. The highest BCUT2D eigenvalue weighted by Crippen LogP contribution is 2.38. The molecule has 9 nitrogen and oxygen atoms in total. The third kappa shape index (κ3) is 6.42. The van der Waals surface area contributed by atoms with Gasteiger partial charge in [0.05, 0.1) is 33.2 Å². The Kier molecular flexibility index (Phi) is 8.79. The predicted octanol–water partition coefficient (Wildman–Crippen LogP) is 5.91. The summed E-state index contributed by atoms with van der Waals surface area (Å²) < 4.78 is 23.8. The molecule has 1 N–H and O–H groups in total.